The number of hydrogen-bond acceptors (Lipinski definition) is 4. The molecule has 0 radical (unpaired) electrons. The molecule has 0 aliphatic heterocycles. The van der Waals surface area contributed by atoms with E-state index in [0.717, 1.165) is 17.5 Å². The van der Waals surface area contributed by atoms with Crippen LogP contribution in [0.15, 0.2) is 30.3 Å². The fraction of sp³-hybridized carbons (Fsp3) is 0. The molecule has 0 saturated heterocycles. The van der Waals surface area contributed by atoms with E-state index in [-0.39, 0.29) is 5.95 Å². The fourth-order valence-electron chi connectivity index (χ4n) is 1.89. The summed E-state index contributed by atoms with van der Waals surface area (Å²) < 4.78 is 0. The fourth-order valence-corrected chi connectivity index (χ4v) is 2.12. The first-order valence-corrected chi connectivity index (χ1v) is 5.92. The summed E-state index contributed by atoms with van der Waals surface area (Å²) in [4.78, 5) is 21.7. The number of carbonyl (C=O) groups is 1. The Labute approximate surface area is 113 Å². The third kappa shape index (κ3) is 2.04. The molecule has 0 spiro atoms. The van der Waals surface area contributed by atoms with Gasteiger partial charge in [-0.3, -0.25) is 4.79 Å². The van der Waals surface area contributed by atoms with Gasteiger partial charge in [-0.25, -0.2) is 4.98 Å². The Morgan fingerprint density at radius 1 is 1.21 bits per heavy atom. The average molecular weight is 273 g/mol. The number of nitrogens with zero attached hydrogens (tertiary/aromatic N) is 2. The third-order valence-corrected chi connectivity index (χ3v) is 3.10. The highest BCUT2D eigenvalue weighted by Gasteiger charge is 2.09. The van der Waals surface area contributed by atoms with E-state index in [1.54, 1.807) is 12.1 Å². The number of benzene rings is 1. The van der Waals surface area contributed by atoms with Crippen molar-refractivity contribution in [1.29, 1.82) is 0 Å². The molecule has 3 aromatic rings. The SMILES string of the molecule is Nc1nc(Cl)c2cc(-c3ccc(C=O)cc3)[nH]c2n1. The van der Waals surface area contributed by atoms with Gasteiger partial charge in [0.15, 0.2) is 0 Å². The van der Waals surface area contributed by atoms with Crippen LogP contribution in [0.25, 0.3) is 22.3 Å². The van der Waals surface area contributed by atoms with Gasteiger partial charge in [0.2, 0.25) is 5.95 Å². The van der Waals surface area contributed by atoms with Crippen LogP contribution in [0, 0.1) is 0 Å². The number of nitrogens with one attached hydrogen (secondary N) is 1. The van der Waals surface area contributed by atoms with Gasteiger partial charge in [-0.2, -0.15) is 4.98 Å². The van der Waals surface area contributed by atoms with Gasteiger partial charge in [0.1, 0.15) is 17.1 Å². The van der Waals surface area contributed by atoms with E-state index in [0.29, 0.717) is 21.7 Å². The van der Waals surface area contributed by atoms with E-state index < -0.39 is 0 Å². The molecule has 0 atom stereocenters. The second-order valence-electron chi connectivity index (χ2n) is 4.06. The Morgan fingerprint density at radius 3 is 2.63 bits per heavy atom. The van der Waals surface area contributed by atoms with E-state index in [1.807, 2.05) is 18.2 Å². The molecule has 94 valence electrons. The van der Waals surface area contributed by atoms with Crippen LogP contribution in [-0.2, 0) is 0 Å². The topological polar surface area (TPSA) is 84.7 Å². The summed E-state index contributed by atoms with van der Waals surface area (Å²) in [5.74, 6) is 0.127. The molecule has 0 unspecified atom stereocenters. The largest absolute Gasteiger partial charge is 0.368 e. The summed E-state index contributed by atoms with van der Waals surface area (Å²) in [6, 6.07) is 9.04. The Hall–Kier alpha value is -2.40. The predicted molar refractivity (Wildman–Crippen MR) is 74.1 cm³/mol. The van der Waals surface area contributed by atoms with Crippen molar-refractivity contribution in [3.63, 3.8) is 0 Å². The lowest BCUT2D eigenvalue weighted by Crippen LogP contribution is -1.94. The number of hydrogen-bond donors (Lipinski definition) is 2. The number of rotatable bonds is 2. The van der Waals surface area contributed by atoms with Gasteiger partial charge in [-0.15, -0.1) is 0 Å². The van der Waals surface area contributed by atoms with Crippen molar-refractivity contribution in [2.75, 3.05) is 5.73 Å². The Balaban J connectivity index is 2.14. The molecule has 0 amide bonds. The van der Waals surface area contributed by atoms with Crippen molar-refractivity contribution in [2.45, 2.75) is 0 Å². The third-order valence-electron chi connectivity index (χ3n) is 2.82. The maximum Gasteiger partial charge on any atom is 0.223 e. The number of carbonyl (C=O) groups excluding carboxylic acids is 1. The standard InChI is InChI=1S/C13H9ClN4O/c14-11-9-5-10(16-12(9)18-13(15)17-11)8-3-1-7(6-19)2-4-8/h1-6H,(H3,15,16,17,18). The minimum atomic E-state index is 0.127. The molecule has 6 heteroatoms. The second-order valence-corrected chi connectivity index (χ2v) is 4.42. The van der Waals surface area contributed by atoms with Gasteiger partial charge in [-0.1, -0.05) is 35.9 Å². The maximum atomic E-state index is 10.6. The lowest BCUT2D eigenvalue weighted by atomic mass is 10.1. The zero-order chi connectivity index (χ0) is 13.4. The minimum absolute atomic E-state index is 0.127. The first-order valence-electron chi connectivity index (χ1n) is 5.55. The van der Waals surface area contributed by atoms with Crippen LogP contribution in [0.3, 0.4) is 0 Å². The molecule has 0 aliphatic carbocycles. The summed E-state index contributed by atoms with van der Waals surface area (Å²) in [7, 11) is 0. The summed E-state index contributed by atoms with van der Waals surface area (Å²) in [5, 5.41) is 1.03. The van der Waals surface area contributed by atoms with E-state index in [2.05, 4.69) is 15.0 Å². The molecular weight excluding hydrogens is 264 g/mol. The van der Waals surface area contributed by atoms with Gasteiger partial charge in [0.05, 0.1) is 5.39 Å². The molecule has 1 aromatic carbocycles. The first-order chi connectivity index (χ1) is 9.17. The van der Waals surface area contributed by atoms with Crippen molar-refractivity contribution < 1.29 is 4.79 Å². The highest BCUT2D eigenvalue weighted by Crippen LogP contribution is 2.27. The van der Waals surface area contributed by atoms with Crippen LogP contribution >= 0.6 is 11.6 Å². The number of halogens is 1. The molecule has 0 saturated carbocycles. The quantitative estimate of drug-likeness (QED) is 0.555. The second kappa shape index (κ2) is 4.37. The minimum Gasteiger partial charge on any atom is -0.368 e. The molecular formula is C13H9ClN4O. The van der Waals surface area contributed by atoms with Crippen molar-refractivity contribution in [1.82, 2.24) is 15.0 Å². The number of fused-ring (bicyclic) bond motifs is 1. The smallest absolute Gasteiger partial charge is 0.223 e. The summed E-state index contributed by atoms with van der Waals surface area (Å²) in [6.45, 7) is 0. The van der Waals surface area contributed by atoms with E-state index in [4.69, 9.17) is 17.3 Å². The van der Waals surface area contributed by atoms with Gasteiger partial charge in [0, 0.05) is 11.3 Å². The van der Waals surface area contributed by atoms with Gasteiger partial charge < -0.3 is 10.7 Å². The van der Waals surface area contributed by atoms with E-state index >= 15 is 0 Å². The number of aldehydes is 1. The number of aromatic amines is 1. The van der Waals surface area contributed by atoms with Gasteiger partial charge in [-0.05, 0) is 11.6 Å². The zero-order valence-corrected chi connectivity index (χ0v) is 10.5. The molecule has 3 N–H and O–H groups in total. The normalized spacial score (nSPS) is 10.8. The Bertz CT molecular complexity index is 764. The summed E-state index contributed by atoms with van der Waals surface area (Å²) in [6.07, 6.45) is 0.804. The Kier molecular flexibility index (Phi) is 2.68. The summed E-state index contributed by atoms with van der Waals surface area (Å²) in [5.41, 5.74) is 8.53. The highest BCUT2D eigenvalue weighted by molar-refractivity contribution is 6.34. The van der Waals surface area contributed by atoms with E-state index in [9.17, 15) is 4.79 Å². The van der Waals surface area contributed by atoms with Crippen LogP contribution in [0.1, 0.15) is 10.4 Å². The van der Waals surface area contributed by atoms with Crippen molar-refractivity contribution in [2.24, 2.45) is 0 Å². The number of anilines is 1. The van der Waals surface area contributed by atoms with Gasteiger partial charge in [0.25, 0.3) is 0 Å². The summed E-state index contributed by atoms with van der Waals surface area (Å²) >= 11 is 6.01. The molecule has 5 nitrogen and oxygen atoms in total. The number of aromatic nitrogens is 3. The molecule has 3 rings (SSSR count). The van der Waals surface area contributed by atoms with Crippen LogP contribution in [0.4, 0.5) is 5.95 Å². The molecule has 0 aliphatic rings. The van der Waals surface area contributed by atoms with Crippen molar-refractivity contribution in [3.8, 4) is 11.3 Å². The number of nitrogen functional groups attached to an aromatic ring is 1. The highest BCUT2D eigenvalue weighted by atomic mass is 35.5. The average Bonchev–Trinajstić information content (AvgIpc) is 2.83. The van der Waals surface area contributed by atoms with Crippen molar-refractivity contribution in [3.05, 3.63) is 41.0 Å². The monoisotopic (exact) mass is 272 g/mol. The molecule has 2 aromatic heterocycles. The first kappa shape index (κ1) is 11.7. The predicted octanol–water partition coefficient (Wildman–Crippen LogP) is 2.67. The van der Waals surface area contributed by atoms with Crippen LogP contribution in [-0.4, -0.2) is 21.2 Å². The van der Waals surface area contributed by atoms with Crippen LogP contribution in [0.5, 0.6) is 0 Å². The number of H-pyrrole nitrogens is 1. The molecule has 19 heavy (non-hydrogen) atoms. The Morgan fingerprint density at radius 2 is 1.95 bits per heavy atom. The lowest BCUT2D eigenvalue weighted by molar-refractivity contribution is 0.112. The van der Waals surface area contributed by atoms with Gasteiger partial charge >= 0.3 is 0 Å². The lowest BCUT2D eigenvalue weighted by Gasteiger charge is -1.97. The van der Waals surface area contributed by atoms with Crippen LogP contribution in [0.2, 0.25) is 5.15 Å². The maximum absolute atomic E-state index is 10.6. The van der Waals surface area contributed by atoms with Crippen molar-refractivity contribution >= 4 is 34.9 Å². The molecule has 0 bridgehead atoms. The zero-order valence-electron chi connectivity index (χ0n) is 9.72. The molecule has 2 heterocycles. The molecule has 0 fully saturated rings. The van der Waals surface area contributed by atoms with Crippen LogP contribution < -0.4 is 5.73 Å². The number of nitrogens with two attached hydrogens (primary N) is 1. The van der Waals surface area contributed by atoms with E-state index in [1.165, 1.54) is 0 Å².